The van der Waals surface area contributed by atoms with Gasteiger partial charge in [0.05, 0.1) is 49.8 Å². The Morgan fingerprint density at radius 2 is 0.932 bits per heavy atom. The molecule has 0 unspecified atom stereocenters. The van der Waals surface area contributed by atoms with Crippen LogP contribution in [-0.2, 0) is 0 Å². The summed E-state index contributed by atoms with van der Waals surface area (Å²) in [6.45, 7) is 0. The van der Waals surface area contributed by atoms with E-state index in [2.05, 4.69) is 202 Å². The Balaban J connectivity index is 1.13. The monoisotopic (exact) mass is 749 g/mol. The van der Waals surface area contributed by atoms with Crippen molar-refractivity contribution in [2.75, 3.05) is 0 Å². The van der Waals surface area contributed by atoms with Crippen molar-refractivity contribution in [3.8, 4) is 22.9 Å². The van der Waals surface area contributed by atoms with E-state index in [1.54, 1.807) is 0 Å². The van der Waals surface area contributed by atoms with Crippen molar-refractivity contribution in [3.05, 3.63) is 188 Å². The molecule has 14 aromatic rings. The second-order valence-electron chi connectivity index (χ2n) is 15.7. The van der Waals surface area contributed by atoms with Crippen LogP contribution in [0.15, 0.2) is 188 Å². The molecule has 0 radical (unpaired) electrons. The van der Waals surface area contributed by atoms with Gasteiger partial charge in [-0.25, -0.2) is 9.97 Å². The Hall–Kier alpha value is -8.02. The van der Waals surface area contributed by atoms with Gasteiger partial charge in [0.15, 0.2) is 0 Å². The lowest BCUT2D eigenvalue weighted by Crippen LogP contribution is -2.04. The van der Waals surface area contributed by atoms with E-state index in [0.29, 0.717) is 5.95 Å². The van der Waals surface area contributed by atoms with Gasteiger partial charge in [-0.05, 0) is 53.9 Å². The second kappa shape index (κ2) is 11.3. The van der Waals surface area contributed by atoms with Gasteiger partial charge < -0.3 is 8.97 Å². The third-order valence-electron chi connectivity index (χ3n) is 12.7. The summed E-state index contributed by atoms with van der Waals surface area (Å²) in [6, 6.07) is 68.0. The highest BCUT2D eigenvalue weighted by molar-refractivity contribution is 6.36. The number of fused-ring (bicyclic) bond motifs is 16. The van der Waals surface area contributed by atoms with Gasteiger partial charge in [0, 0.05) is 65.1 Å². The molecule has 0 aliphatic rings. The van der Waals surface area contributed by atoms with Crippen molar-refractivity contribution in [3.63, 3.8) is 0 Å². The summed E-state index contributed by atoms with van der Waals surface area (Å²) < 4.78 is 7.21. The van der Waals surface area contributed by atoms with Crippen molar-refractivity contribution >= 4 is 103 Å². The molecular weight excluding hydrogens is 719 g/mol. The molecule has 0 spiro atoms. The van der Waals surface area contributed by atoms with E-state index in [1.165, 1.54) is 75.9 Å². The Kier molecular flexibility index (Phi) is 5.96. The fourth-order valence-corrected chi connectivity index (χ4v) is 10.3. The topological polar surface area (TPSA) is 40.0 Å². The molecule has 0 aliphatic carbocycles. The van der Waals surface area contributed by atoms with Crippen LogP contribution < -0.4 is 0 Å². The molecule has 5 heteroatoms. The van der Waals surface area contributed by atoms with Crippen LogP contribution in [0.4, 0.5) is 0 Å². The van der Waals surface area contributed by atoms with Gasteiger partial charge in [0.25, 0.3) is 0 Å². The van der Waals surface area contributed by atoms with E-state index in [1.807, 2.05) is 0 Å². The number of para-hydroxylation sites is 5. The third kappa shape index (κ3) is 4.03. The molecule has 0 N–H and O–H groups in total. The van der Waals surface area contributed by atoms with Gasteiger partial charge in [0.1, 0.15) is 0 Å². The maximum Gasteiger partial charge on any atom is 0.235 e. The molecule has 272 valence electrons. The van der Waals surface area contributed by atoms with Crippen molar-refractivity contribution in [1.29, 1.82) is 0 Å². The minimum Gasteiger partial charge on any atom is -0.309 e. The first kappa shape index (κ1) is 31.1. The molecule has 0 aliphatic heterocycles. The summed E-state index contributed by atoms with van der Waals surface area (Å²) >= 11 is 0. The molecule has 0 saturated carbocycles. The van der Waals surface area contributed by atoms with E-state index >= 15 is 0 Å². The Morgan fingerprint density at radius 1 is 0.339 bits per heavy atom. The number of hydrogen-bond donors (Lipinski definition) is 0. The molecule has 5 aromatic heterocycles. The summed E-state index contributed by atoms with van der Waals surface area (Å²) in [6.07, 6.45) is 0. The lowest BCUT2D eigenvalue weighted by Gasteiger charge is -2.13. The van der Waals surface area contributed by atoms with E-state index in [9.17, 15) is 0 Å². The van der Waals surface area contributed by atoms with Crippen LogP contribution in [0.2, 0.25) is 0 Å². The van der Waals surface area contributed by atoms with Crippen LogP contribution in [-0.4, -0.2) is 23.5 Å². The Labute approximate surface area is 336 Å². The lowest BCUT2D eigenvalue weighted by molar-refractivity contribution is 1.02. The first-order chi connectivity index (χ1) is 29.3. The first-order valence-corrected chi connectivity index (χ1v) is 20.2. The van der Waals surface area contributed by atoms with Crippen LogP contribution in [0.1, 0.15) is 0 Å². The molecule has 0 amide bonds. The molecule has 5 nitrogen and oxygen atoms in total. The molecule has 0 saturated heterocycles. The highest BCUT2D eigenvalue weighted by Gasteiger charge is 2.26. The normalized spacial score (nSPS) is 12.4. The number of nitrogens with zero attached hydrogens (tertiary/aromatic N) is 5. The predicted octanol–water partition coefficient (Wildman–Crippen LogP) is 13.8. The van der Waals surface area contributed by atoms with Gasteiger partial charge in [-0.15, -0.1) is 0 Å². The fraction of sp³-hybridized carbons (Fsp3) is 0. The zero-order valence-electron chi connectivity index (χ0n) is 31.6. The van der Waals surface area contributed by atoms with E-state index in [0.717, 1.165) is 44.4 Å². The lowest BCUT2D eigenvalue weighted by atomic mass is 10.0. The fourth-order valence-electron chi connectivity index (χ4n) is 10.3. The molecule has 5 heterocycles. The largest absolute Gasteiger partial charge is 0.309 e. The molecule has 59 heavy (non-hydrogen) atoms. The molecule has 14 rings (SSSR count). The summed E-state index contributed by atoms with van der Waals surface area (Å²) in [7, 11) is 0. The van der Waals surface area contributed by atoms with Gasteiger partial charge in [0.2, 0.25) is 5.95 Å². The number of benzene rings is 9. The summed E-state index contributed by atoms with van der Waals surface area (Å²) in [5, 5.41) is 13.3. The average molecular weight is 750 g/mol. The minimum absolute atomic E-state index is 0.654. The van der Waals surface area contributed by atoms with Gasteiger partial charge in [-0.3, -0.25) is 4.57 Å². The van der Waals surface area contributed by atoms with Crippen molar-refractivity contribution in [2.45, 2.75) is 0 Å². The van der Waals surface area contributed by atoms with Gasteiger partial charge in [-0.2, -0.15) is 0 Å². The van der Waals surface area contributed by atoms with E-state index in [-0.39, 0.29) is 0 Å². The van der Waals surface area contributed by atoms with Crippen molar-refractivity contribution < 1.29 is 0 Å². The Bertz CT molecular complexity index is 4070. The predicted molar refractivity (Wildman–Crippen MR) is 246 cm³/mol. The van der Waals surface area contributed by atoms with Crippen LogP contribution in [0.25, 0.3) is 126 Å². The maximum atomic E-state index is 5.63. The molecule has 0 fully saturated rings. The third-order valence-corrected chi connectivity index (χ3v) is 12.7. The second-order valence-corrected chi connectivity index (χ2v) is 15.7. The summed E-state index contributed by atoms with van der Waals surface area (Å²) in [4.78, 5) is 11.1. The van der Waals surface area contributed by atoms with Crippen molar-refractivity contribution in [1.82, 2.24) is 23.5 Å². The first-order valence-electron chi connectivity index (χ1n) is 20.2. The quantitative estimate of drug-likeness (QED) is 0.180. The van der Waals surface area contributed by atoms with Gasteiger partial charge >= 0.3 is 0 Å². The molecular formula is C54H31N5. The SMILES string of the molecule is c1ccc(-n2c3ccccc3c3ccc(-c4nc(-n5c6ccccc6c6cc7c8ccccc8n8c9c%10ccccc%10ccc9c(c65)c78)nc5ccccc45)cc32)cc1. The number of aromatic nitrogens is 5. The standard InChI is InChI=1S/C54H31N5/c1-2-15-34(16-3-1)57-45-23-11-7-18-36(45)39-28-27-33(30-48(39)57)50-40-21-6-10-22-44(40)55-54(56-50)59-47-25-13-9-20-38(47)43-31-42-37-19-8-12-24-46(37)58-51-35-17-5-4-14-32(35)26-29-41(51)49(52(42)58)53(43)59/h1-31H. The maximum absolute atomic E-state index is 5.63. The number of rotatable bonds is 3. The van der Waals surface area contributed by atoms with E-state index < -0.39 is 0 Å². The number of hydrogen-bond acceptors (Lipinski definition) is 2. The van der Waals surface area contributed by atoms with Crippen LogP contribution in [0.5, 0.6) is 0 Å². The zero-order chi connectivity index (χ0) is 38.3. The average Bonchev–Trinajstić information content (AvgIpc) is 4.03. The molecule has 0 atom stereocenters. The zero-order valence-corrected chi connectivity index (χ0v) is 31.6. The van der Waals surface area contributed by atoms with Crippen LogP contribution in [0, 0.1) is 0 Å². The summed E-state index contributed by atoms with van der Waals surface area (Å²) in [5.74, 6) is 0.654. The highest BCUT2D eigenvalue weighted by atomic mass is 15.2. The minimum atomic E-state index is 0.654. The van der Waals surface area contributed by atoms with Crippen LogP contribution in [0.3, 0.4) is 0 Å². The Morgan fingerprint density at radius 3 is 1.75 bits per heavy atom. The molecule has 0 bridgehead atoms. The smallest absolute Gasteiger partial charge is 0.235 e. The summed E-state index contributed by atoms with van der Waals surface area (Å²) in [5.41, 5.74) is 12.2. The van der Waals surface area contributed by atoms with Crippen LogP contribution >= 0.6 is 0 Å². The van der Waals surface area contributed by atoms with Gasteiger partial charge in [-0.1, -0.05) is 140 Å². The van der Waals surface area contributed by atoms with E-state index in [4.69, 9.17) is 9.97 Å². The molecule has 9 aromatic carbocycles. The van der Waals surface area contributed by atoms with Crippen molar-refractivity contribution in [2.24, 2.45) is 0 Å². The highest BCUT2D eigenvalue weighted by Crippen LogP contribution is 2.48.